The first-order valence-corrected chi connectivity index (χ1v) is 19.6. The van der Waals surface area contributed by atoms with E-state index in [0.29, 0.717) is 18.4 Å². The summed E-state index contributed by atoms with van der Waals surface area (Å²) in [5.74, 6) is -5.97. The van der Waals surface area contributed by atoms with E-state index in [9.17, 15) is 42.7 Å². The standard InChI is InChI=1S/C42H51FN6O9/c1-24(2)27-14-16-28(17-15-27)35(50)18-19-36(51)45-31(22-29-10-6-7-11-30(29)43)38(53)46-32-23-58-42(57)34-13-9-21-49(34)39(54)25(3)44-37(52)26(4)47(5)41(56)33-12-8-20-48(33)40(32)55/h6-7,10-11,14-19,24-26,31-34H,8-9,12-13,20-23H2,1-5H3,(H,44,52)(H,45,51)(H,46,53)/t25-,26-,31-,32-,33-,34-/m0/s1. The number of amides is 6. The van der Waals surface area contributed by atoms with E-state index >= 15 is 0 Å². The van der Waals surface area contributed by atoms with E-state index in [1.165, 1.54) is 53.8 Å². The summed E-state index contributed by atoms with van der Waals surface area (Å²) in [5.41, 5.74) is 1.43. The fourth-order valence-electron chi connectivity index (χ4n) is 7.31. The maximum atomic E-state index is 14.9. The molecule has 6 atom stereocenters. The summed E-state index contributed by atoms with van der Waals surface area (Å²) in [6.45, 7) is 6.64. The molecule has 3 aliphatic rings. The largest absolute Gasteiger partial charge is 0.461 e. The van der Waals surface area contributed by atoms with Crippen molar-refractivity contribution in [3.05, 3.63) is 83.2 Å². The van der Waals surface area contributed by atoms with Gasteiger partial charge in [-0.1, -0.05) is 56.3 Å². The van der Waals surface area contributed by atoms with Crippen LogP contribution in [0.25, 0.3) is 0 Å². The minimum absolute atomic E-state index is 0.0654. The Kier molecular flexibility index (Phi) is 14.2. The van der Waals surface area contributed by atoms with Gasteiger partial charge < -0.3 is 35.4 Å². The number of cyclic esters (lactones) is 1. The molecule has 2 aromatic rings. The molecule has 0 spiro atoms. The van der Waals surface area contributed by atoms with Gasteiger partial charge in [0.1, 0.15) is 48.7 Å². The summed E-state index contributed by atoms with van der Waals surface area (Å²) < 4.78 is 20.5. The average molecular weight is 803 g/mol. The van der Waals surface area contributed by atoms with E-state index in [1.54, 1.807) is 18.2 Å². The predicted molar refractivity (Wildman–Crippen MR) is 208 cm³/mol. The molecule has 0 aromatic heterocycles. The zero-order chi connectivity index (χ0) is 42.3. The van der Waals surface area contributed by atoms with Gasteiger partial charge in [-0.2, -0.15) is 0 Å². The first-order valence-electron chi connectivity index (χ1n) is 19.6. The molecule has 0 radical (unpaired) electrons. The van der Waals surface area contributed by atoms with Crippen molar-refractivity contribution in [2.75, 3.05) is 26.7 Å². The van der Waals surface area contributed by atoms with Crippen LogP contribution in [-0.2, 0) is 44.7 Å². The lowest BCUT2D eigenvalue weighted by molar-refractivity contribution is -0.158. The Bertz CT molecular complexity index is 1950. The van der Waals surface area contributed by atoms with Gasteiger partial charge in [0.05, 0.1) is 0 Å². The number of fused-ring (bicyclic) bond motifs is 2. The molecule has 3 saturated heterocycles. The van der Waals surface area contributed by atoms with Gasteiger partial charge in [-0.3, -0.25) is 33.6 Å². The smallest absolute Gasteiger partial charge is 0.328 e. The third-order valence-electron chi connectivity index (χ3n) is 10.9. The second-order valence-corrected chi connectivity index (χ2v) is 15.3. The van der Waals surface area contributed by atoms with Crippen LogP contribution in [0, 0.1) is 5.82 Å². The normalized spacial score (nSPS) is 24.0. The molecule has 16 heteroatoms. The van der Waals surface area contributed by atoms with Crippen molar-refractivity contribution in [3.63, 3.8) is 0 Å². The van der Waals surface area contributed by atoms with Crippen LogP contribution >= 0.6 is 0 Å². The molecule has 0 aliphatic carbocycles. The summed E-state index contributed by atoms with van der Waals surface area (Å²) in [4.78, 5) is 112. The predicted octanol–water partition coefficient (Wildman–Crippen LogP) is 1.79. The third kappa shape index (κ3) is 10.1. The average Bonchev–Trinajstić information content (AvgIpc) is 3.91. The van der Waals surface area contributed by atoms with Gasteiger partial charge in [-0.25, -0.2) is 9.18 Å². The number of allylic oxidation sites excluding steroid dienone is 1. The first kappa shape index (κ1) is 43.2. The molecule has 310 valence electrons. The van der Waals surface area contributed by atoms with Crippen molar-refractivity contribution < 1.29 is 47.5 Å². The summed E-state index contributed by atoms with van der Waals surface area (Å²) in [5, 5.41) is 7.70. The van der Waals surface area contributed by atoms with Crippen LogP contribution in [0.4, 0.5) is 4.39 Å². The molecule has 3 fully saturated rings. The molecule has 0 saturated carbocycles. The quantitative estimate of drug-likeness (QED) is 0.193. The van der Waals surface area contributed by atoms with Gasteiger partial charge in [0.15, 0.2) is 5.78 Å². The van der Waals surface area contributed by atoms with Crippen LogP contribution in [0.15, 0.2) is 60.7 Å². The number of carbonyl (C=O) groups excluding carboxylic acids is 8. The monoisotopic (exact) mass is 802 g/mol. The highest BCUT2D eigenvalue weighted by Gasteiger charge is 2.43. The maximum absolute atomic E-state index is 14.9. The molecule has 15 nitrogen and oxygen atoms in total. The SMILES string of the molecule is CC(C)c1ccc(C(=O)C=CC(=O)N[C@@H](Cc2ccccc2F)C(=O)N[C@H]2COC(=O)[C@@H]3CCCN3C(=O)[C@H](C)NC(=O)[C@H](C)N(C)C(=O)[C@@H]3CCCN3C2=O)cc1. The lowest BCUT2D eigenvalue weighted by atomic mass is 10.0. The molecule has 0 unspecified atom stereocenters. The fourth-order valence-corrected chi connectivity index (χ4v) is 7.31. The van der Waals surface area contributed by atoms with E-state index < -0.39 is 95.9 Å². The number of hydrogen-bond acceptors (Lipinski definition) is 9. The Balaban J connectivity index is 1.42. The highest BCUT2D eigenvalue weighted by molar-refractivity contribution is 6.08. The van der Waals surface area contributed by atoms with Crippen molar-refractivity contribution >= 4 is 47.2 Å². The minimum Gasteiger partial charge on any atom is -0.461 e. The van der Waals surface area contributed by atoms with Crippen molar-refractivity contribution in [2.45, 2.75) is 102 Å². The Labute approximate surface area is 336 Å². The number of halogens is 1. The van der Waals surface area contributed by atoms with Crippen molar-refractivity contribution in [1.82, 2.24) is 30.7 Å². The molecular formula is C42H51FN6O9. The van der Waals surface area contributed by atoms with Gasteiger partial charge in [-0.15, -0.1) is 0 Å². The number of nitrogens with one attached hydrogen (secondary N) is 3. The zero-order valence-corrected chi connectivity index (χ0v) is 33.4. The summed E-state index contributed by atoms with van der Waals surface area (Å²) in [6.07, 6.45) is 3.02. The maximum Gasteiger partial charge on any atom is 0.328 e. The van der Waals surface area contributed by atoms with Crippen LogP contribution in [0.5, 0.6) is 0 Å². The Hall–Kier alpha value is -5.93. The molecular weight excluding hydrogens is 751 g/mol. The van der Waals surface area contributed by atoms with E-state index in [-0.39, 0.29) is 43.8 Å². The molecule has 5 rings (SSSR count). The topological polar surface area (TPSA) is 192 Å². The highest BCUT2D eigenvalue weighted by atomic mass is 19.1. The van der Waals surface area contributed by atoms with Crippen molar-refractivity contribution in [1.29, 1.82) is 0 Å². The minimum atomic E-state index is -1.58. The first-order chi connectivity index (χ1) is 27.6. The summed E-state index contributed by atoms with van der Waals surface area (Å²) in [7, 11) is 1.42. The number of carbonyl (C=O) groups is 8. The molecule has 3 heterocycles. The lowest BCUT2D eigenvalue weighted by Gasteiger charge is -2.34. The van der Waals surface area contributed by atoms with Gasteiger partial charge in [0.25, 0.3) is 0 Å². The Morgan fingerprint density at radius 2 is 1.52 bits per heavy atom. The highest BCUT2D eigenvalue weighted by Crippen LogP contribution is 2.24. The van der Waals surface area contributed by atoms with Crippen LogP contribution in [-0.4, -0.2) is 125 Å². The van der Waals surface area contributed by atoms with Crippen LogP contribution in [0.2, 0.25) is 0 Å². The molecule has 0 bridgehead atoms. The number of nitrogens with zero attached hydrogens (tertiary/aromatic N) is 3. The number of ether oxygens (including phenoxy) is 1. The number of hydrogen-bond donors (Lipinski definition) is 3. The number of likely N-dealkylation sites (N-methyl/N-ethyl adjacent to an activating group) is 1. The zero-order valence-electron chi connectivity index (χ0n) is 33.4. The van der Waals surface area contributed by atoms with E-state index in [2.05, 4.69) is 16.0 Å². The number of esters is 1. The molecule has 3 N–H and O–H groups in total. The second kappa shape index (κ2) is 19.0. The molecule has 6 amide bonds. The number of benzene rings is 2. The summed E-state index contributed by atoms with van der Waals surface area (Å²) >= 11 is 0. The van der Waals surface area contributed by atoms with E-state index in [0.717, 1.165) is 17.7 Å². The molecule has 3 aliphatic heterocycles. The van der Waals surface area contributed by atoms with Gasteiger partial charge in [-0.05, 0) is 68.7 Å². The second-order valence-electron chi connectivity index (χ2n) is 15.3. The third-order valence-corrected chi connectivity index (χ3v) is 10.9. The van der Waals surface area contributed by atoms with Crippen molar-refractivity contribution in [3.8, 4) is 0 Å². The van der Waals surface area contributed by atoms with Crippen LogP contribution < -0.4 is 16.0 Å². The molecule has 2 aromatic carbocycles. The fraction of sp³-hybridized carbons (Fsp3) is 0.476. The lowest BCUT2D eigenvalue weighted by Crippen LogP contribution is -2.60. The van der Waals surface area contributed by atoms with Crippen LogP contribution in [0.1, 0.15) is 80.8 Å². The Morgan fingerprint density at radius 3 is 2.17 bits per heavy atom. The van der Waals surface area contributed by atoms with Gasteiger partial charge in [0, 0.05) is 38.2 Å². The van der Waals surface area contributed by atoms with Crippen molar-refractivity contribution in [2.24, 2.45) is 0 Å². The van der Waals surface area contributed by atoms with Crippen LogP contribution in [0.3, 0.4) is 0 Å². The number of ketones is 1. The van der Waals surface area contributed by atoms with E-state index in [4.69, 9.17) is 4.74 Å². The summed E-state index contributed by atoms with van der Waals surface area (Å²) in [6, 6.07) is 5.34. The molecule has 58 heavy (non-hydrogen) atoms. The number of rotatable bonds is 9. The van der Waals surface area contributed by atoms with Gasteiger partial charge >= 0.3 is 5.97 Å². The van der Waals surface area contributed by atoms with E-state index in [1.807, 2.05) is 26.0 Å². The Morgan fingerprint density at radius 1 is 0.879 bits per heavy atom. The van der Waals surface area contributed by atoms with Gasteiger partial charge in [0.2, 0.25) is 35.4 Å².